The van der Waals surface area contributed by atoms with E-state index in [2.05, 4.69) is 179 Å². The minimum absolute atomic E-state index is 1.18. The molecule has 0 saturated heterocycles. The number of hydrogen-bond donors (Lipinski definition) is 0. The minimum Gasteiger partial charge on any atom is -0.309 e. The fourth-order valence-electron chi connectivity index (χ4n) is 8.17. The summed E-state index contributed by atoms with van der Waals surface area (Å²) in [5, 5.41) is 10.3. The van der Waals surface area contributed by atoms with Gasteiger partial charge in [0.15, 0.2) is 0 Å². The monoisotopic (exact) mass is 640 g/mol. The van der Waals surface area contributed by atoms with Gasteiger partial charge < -0.3 is 9.13 Å². The lowest BCUT2D eigenvalue weighted by Gasteiger charge is -2.13. The molecule has 0 fully saturated rings. The van der Waals surface area contributed by atoms with E-state index >= 15 is 0 Å². The maximum atomic E-state index is 2.48. The van der Waals surface area contributed by atoms with Crippen molar-refractivity contribution in [3.05, 3.63) is 170 Å². The molecule has 0 amide bonds. The number of aromatic nitrogens is 2. The molecule has 0 atom stereocenters. The largest absolute Gasteiger partial charge is 0.309 e. The molecule has 0 spiro atoms. The third kappa shape index (κ3) is 3.82. The first-order chi connectivity index (χ1) is 24.3. The zero-order chi connectivity index (χ0) is 32.1. The summed E-state index contributed by atoms with van der Waals surface area (Å²) in [7, 11) is 0. The van der Waals surface area contributed by atoms with Gasteiger partial charge in [0.25, 0.3) is 0 Å². The Hall–Kier alpha value is -6.16. The molecule has 11 aromatic rings. The molecular formula is C46H28N2S. The van der Waals surface area contributed by atoms with Crippen LogP contribution in [0.4, 0.5) is 0 Å². The second kappa shape index (κ2) is 10.2. The van der Waals surface area contributed by atoms with Crippen LogP contribution >= 0.6 is 11.3 Å². The second-order valence-electron chi connectivity index (χ2n) is 12.9. The van der Waals surface area contributed by atoms with Crippen LogP contribution in [0.15, 0.2) is 170 Å². The molecule has 11 rings (SSSR count). The van der Waals surface area contributed by atoms with E-state index in [4.69, 9.17) is 0 Å². The topological polar surface area (TPSA) is 9.86 Å². The summed E-state index contributed by atoms with van der Waals surface area (Å²) in [6, 6.07) is 62.4. The first kappa shape index (κ1) is 26.9. The van der Waals surface area contributed by atoms with Crippen molar-refractivity contribution in [3.8, 4) is 22.5 Å². The van der Waals surface area contributed by atoms with Crippen molar-refractivity contribution in [2.45, 2.75) is 0 Å². The number of para-hydroxylation sites is 3. The van der Waals surface area contributed by atoms with Gasteiger partial charge in [0.2, 0.25) is 0 Å². The predicted octanol–water partition coefficient (Wildman–Crippen LogP) is 13.1. The molecule has 3 aromatic heterocycles. The molecule has 3 heterocycles. The highest BCUT2D eigenvalue weighted by molar-refractivity contribution is 7.26. The third-order valence-corrected chi connectivity index (χ3v) is 11.5. The Balaban J connectivity index is 1.24. The van der Waals surface area contributed by atoms with Crippen molar-refractivity contribution in [3.63, 3.8) is 0 Å². The first-order valence-electron chi connectivity index (χ1n) is 16.8. The fourth-order valence-corrected chi connectivity index (χ4v) is 9.39. The van der Waals surface area contributed by atoms with Gasteiger partial charge >= 0.3 is 0 Å². The van der Waals surface area contributed by atoms with Crippen molar-refractivity contribution in [1.82, 2.24) is 9.13 Å². The summed E-state index contributed by atoms with van der Waals surface area (Å²) in [5.41, 5.74) is 9.74. The van der Waals surface area contributed by atoms with E-state index in [9.17, 15) is 0 Å². The van der Waals surface area contributed by atoms with E-state index in [1.807, 2.05) is 11.3 Å². The van der Waals surface area contributed by atoms with Gasteiger partial charge in [0.1, 0.15) is 0 Å². The zero-order valence-electron chi connectivity index (χ0n) is 26.5. The molecule has 228 valence electrons. The Morgan fingerprint density at radius 1 is 0.367 bits per heavy atom. The lowest BCUT2D eigenvalue weighted by Crippen LogP contribution is -1.95. The van der Waals surface area contributed by atoms with Crippen LogP contribution in [-0.2, 0) is 0 Å². The van der Waals surface area contributed by atoms with Gasteiger partial charge in [-0.1, -0.05) is 109 Å². The number of nitrogens with zero attached hydrogens (tertiary/aromatic N) is 2. The predicted molar refractivity (Wildman–Crippen MR) is 211 cm³/mol. The average molecular weight is 641 g/mol. The maximum absolute atomic E-state index is 2.48. The van der Waals surface area contributed by atoms with Crippen molar-refractivity contribution in [2.75, 3.05) is 0 Å². The fraction of sp³-hybridized carbons (Fsp3) is 0. The number of thiophene rings is 1. The summed E-state index contributed by atoms with van der Waals surface area (Å²) in [6.45, 7) is 0. The Labute approximate surface area is 286 Å². The number of benzene rings is 8. The minimum atomic E-state index is 1.18. The summed E-state index contributed by atoms with van der Waals surface area (Å²) < 4.78 is 7.50. The molecule has 2 nitrogen and oxygen atoms in total. The highest BCUT2D eigenvalue weighted by Gasteiger charge is 2.20. The van der Waals surface area contributed by atoms with E-state index in [1.165, 1.54) is 97.1 Å². The molecule has 49 heavy (non-hydrogen) atoms. The summed E-state index contributed by atoms with van der Waals surface area (Å²) in [4.78, 5) is 0. The van der Waals surface area contributed by atoms with Crippen LogP contribution in [0, 0.1) is 0 Å². The quantitative estimate of drug-likeness (QED) is 0.182. The number of hydrogen-bond acceptors (Lipinski definition) is 1. The van der Waals surface area contributed by atoms with Crippen LogP contribution in [0.3, 0.4) is 0 Å². The Morgan fingerprint density at radius 2 is 1.00 bits per heavy atom. The lowest BCUT2D eigenvalue weighted by molar-refractivity contribution is 1.18. The average Bonchev–Trinajstić information content (AvgIpc) is 3.82. The van der Waals surface area contributed by atoms with E-state index < -0.39 is 0 Å². The molecule has 0 saturated carbocycles. The summed E-state index contributed by atoms with van der Waals surface area (Å²) >= 11 is 1.89. The van der Waals surface area contributed by atoms with Crippen LogP contribution in [0.5, 0.6) is 0 Å². The molecule has 0 unspecified atom stereocenters. The van der Waals surface area contributed by atoms with Gasteiger partial charge in [0, 0.05) is 58.7 Å². The zero-order valence-corrected chi connectivity index (χ0v) is 27.3. The highest BCUT2D eigenvalue weighted by Crippen LogP contribution is 2.45. The van der Waals surface area contributed by atoms with Crippen molar-refractivity contribution >= 4 is 85.9 Å². The van der Waals surface area contributed by atoms with Gasteiger partial charge in [-0.25, -0.2) is 0 Å². The van der Waals surface area contributed by atoms with Gasteiger partial charge in [0.05, 0.1) is 22.1 Å². The van der Waals surface area contributed by atoms with Crippen LogP contribution in [-0.4, -0.2) is 9.13 Å². The number of rotatable bonds is 3. The molecule has 8 aromatic carbocycles. The molecule has 0 aliphatic rings. The van der Waals surface area contributed by atoms with Crippen molar-refractivity contribution < 1.29 is 0 Å². The molecule has 0 N–H and O–H groups in total. The van der Waals surface area contributed by atoms with E-state index in [0.29, 0.717) is 0 Å². The van der Waals surface area contributed by atoms with E-state index in [-0.39, 0.29) is 0 Å². The summed E-state index contributed by atoms with van der Waals surface area (Å²) in [6.07, 6.45) is 0. The molecular weight excluding hydrogens is 613 g/mol. The molecule has 0 radical (unpaired) electrons. The Bertz CT molecular complexity index is 3100. The Kier molecular flexibility index (Phi) is 5.57. The van der Waals surface area contributed by atoms with Gasteiger partial charge in [-0.15, -0.1) is 11.3 Å². The normalized spacial score (nSPS) is 12.1. The molecule has 0 aliphatic heterocycles. The van der Waals surface area contributed by atoms with Crippen LogP contribution in [0.2, 0.25) is 0 Å². The SMILES string of the molecule is c1ccc(-n2c3ccccc3c3cc(-c4cc(-n5c6ccccc6c6c7ccccc7ccc65)cc5c4sc4ccccc45)ccc32)cc1. The lowest BCUT2D eigenvalue weighted by atomic mass is 9.99. The number of fused-ring (bicyclic) bond motifs is 11. The highest BCUT2D eigenvalue weighted by atomic mass is 32.1. The van der Waals surface area contributed by atoms with Gasteiger partial charge in [-0.2, -0.15) is 0 Å². The van der Waals surface area contributed by atoms with Crippen LogP contribution < -0.4 is 0 Å². The molecule has 0 aliphatic carbocycles. The standard InChI is InChI=1S/C46H28N2S/c1-2-13-31(14-3-1)47-40-19-9-6-16-34(40)38-26-30(23-24-42(38)47)37-27-32(28-39-35-17-8-11-21-44(35)49-46(37)39)48-41-20-10-7-18-36(41)45-33-15-5-4-12-29(33)22-25-43(45)48/h1-28H. The van der Waals surface area contributed by atoms with Crippen molar-refractivity contribution in [1.29, 1.82) is 0 Å². The molecule has 0 bridgehead atoms. The maximum Gasteiger partial charge on any atom is 0.0547 e. The Morgan fingerprint density at radius 3 is 1.86 bits per heavy atom. The van der Waals surface area contributed by atoms with Gasteiger partial charge in [-0.3, -0.25) is 0 Å². The van der Waals surface area contributed by atoms with E-state index in [0.717, 1.165) is 0 Å². The third-order valence-electron chi connectivity index (χ3n) is 10.3. The first-order valence-corrected chi connectivity index (χ1v) is 17.6. The van der Waals surface area contributed by atoms with E-state index in [1.54, 1.807) is 0 Å². The second-order valence-corrected chi connectivity index (χ2v) is 14.0. The summed E-state index contributed by atoms with van der Waals surface area (Å²) in [5.74, 6) is 0. The van der Waals surface area contributed by atoms with Gasteiger partial charge in [-0.05, 0) is 77.0 Å². The van der Waals surface area contributed by atoms with Crippen molar-refractivity contribution in [2.24, 2.45) is 0 Å². The smallest absolute Gasteiger partial charge is 0.0547 e. The van der Waals surface area contributed by atoms with Crippen LogP contribution in [0.25, 0.3) is 97.1 Å². The molecule has 3 heteroatoms. The van der Waals surface area contributed by atoms with Crippen LogP contribution in [0.1, 0.15) is 0 Å².